The molecule has 0 bridgehead atoms. The minimum atomic E-state index is 0.606. The molecule has 0 aromatic carbocycles. The first-order valence-electron chi connectivity index (χ1n) is 3.96. The molecule has 3 heteroatoms. The third-order valence-electron chi connectivity index (χ3n) is 2.22. The van der Waals surface area contributed by atoms with E-state index < -0.39 is 0 Å². The third-order valence-corrected chi connectivity index (χ3v) is 2.22. The second-order valence-electron chi connectivity index (χ2n) is 2.90. The maximum Gasteiger partial charge on any atom is 0.0233 e. The van der Waals surface area contributed by atoms with Crippen molar-refractivity contribution in [2.75, 3.05) is 26.7 Å². The fourth-order valence-corrected chi connectivity index (χ4v) is 1.56. The van der Waals surface area contributed by atoms with E-state index in [1.807, 2.05) is 7.05 Å². The van der Waals surface area contributed by atoms with Crippen molar-refractivity contribution in [2.24, 2.45) is 11.7 Å². The lowest BCUT2D eigenvalue weighted by atomic mass is 10.0. The summed E-state index contributed by atoms with van der Waals surface area (Å²) in [7, 11) is 1.98. The molecule has 1 fully saturated rings. The lowest BCUT2D eigenvalue weighted by Crippen LogP contribution is -2.38. The summed E-state index contributed by atoms with van der Waals surface area (Å²) < 4.78 is 0. The maximum absolute atomic E-state index is 5.59. The Morgan fingerprint density at radius 2 is 2.50 bits per heavy atom. The van der Waals surface area contributed by atoms with E-state index in [0.717, 1.165) is 19.6 Å². The summed E-state index contributed by atoms with van der Waals surface area (Å²) in [4.78, 5) is 0. The quantitative estimate of drug-likeness (QED) is 0.482. The van der Waals surface area contributed by atoms with Crippen LogP contribution in [0.4, 0.5) is 0 Å². The zero-order chi connectivity index (χ0) is 7.40. The summed E-state index contributed by atoms with van der Waals surface area (Å²) in [6, 6.07) is 0.606. The van der Waals surface area contributed by atoms with Crippen LogP contribution in [0.15, 0.2) is 0 Å². The Bertz CT molecular complexity index is 94.9. The molecular formula is C7H17N3. The Hall–Kier alpha value is -0.120. The molecule has 0 aromatic rings. The molecule has 1 aliphatic heterocycles. The van der Waals surface area contributed by atoms with Crippen LogP contribution in [0.25, 0.3) is 0 Å². The number of nitrogens with two attached hydrogens (primary N) is 1. The molecule has 4 N–H and O–H groups in total. The third kappa shape index (κ3) is 1.68. The van der Waals surface area contributed by atoms with Gasteiger partial charge in [0.1, 0.15) is 0 Å². The van der Waals surface area contributed by atoms with Gasteiger partial charge in [0.2, 0.25) is 0 Å². The molecule has 60 valence electrons. The van der Waals surface area contributed by atoms with Crippen LogP contribution in [0.1, 0.15) is 6.42 Å². The first-order chi connectivity index (χ1) is 4.88. The van der Waals surface area contributed by atoms with Gasteiger partial charge >= 0.3 is 0 Å². The zero-order valence-corrected chi connectivity index (χ0v) is 6.56. The second-order valence-corrected chi connectivity index (χ2v) is 2.90. The van der Waals surface area contributed by atoms with Gasteiger partial charge in [-0.1, -0.05) is 0 Å². The highest BCUT2D eigenvalue weighted by Crippen LogP contribution is 2.12. The highest BCUT2D eigenvalue weighted by molar-refractivity contribution is 4.85. The van der Waals surface area contributed by atoms with Gasteiger partial charge in [-0.3, -0.25) is 0 Å². The maximum atomic E-state index is 5.59. The molecule has 2 unspecified atom stereocenters. The standard InChI is InChI=1S/C7H17N3/c1-9-5-7-6(4-8)2-3-10-7/h6-7,9-10H,2-5,8H2,1H3. The first kappa shape index (κ1) is 7.98. The van der Waals surface area contributed by atoms with E-state index in [0.29, 0.717) is 12.0 Å². The topological polar surface area (TPSA) is 50.1 Å². The number of nitrogens with one attached hydrogen (secondary N) is 2. The van der Waals surface area contributed by atoms with E-state index in [2.05, 4.69) is 10.6 Å². The normalized spacial score (nSPS) is 33.0. The molecule has 0 aliphatic carbocycles. The Kier molecular flexibility index (Phi) is 3.12. The van der Waals surface area contributed by atoms with Crippen LogP contribution in [-0.2, 0) is 0 Å². The molecule has 1 heterocycles. The van der Waals surface area contributed by atoms with Crippen LogP contribution in [0.3, 0.4) is 0 Å². The summed E-state index contributed by atoms with van der Waals surface area (Å²) >= 11 is 0. The SMILES string of the molecule is CNCC1NCCC1CN. The molecule has 1 rings (SSSR count). The van der Waals surface area contributed by atoms with Crippen molar-refractivity contribution in [3.05, 3.63) is 0 Å². The molecule has 3 nitrogen and oxygen atoms in total. The van der Waals surface area contributed by atoms with Gasteiger partial charge in [-0.2, -0.15) is 0 Å². The number of hydrogen-bond donors (Lipinski definition) is 3. The average Bonchev–Trinajstić information content (AvgIpc) is 2.36. The first-order valence-corrected chi connectivity index (χ1v) is 3.96. The van der Waals surface area contributed by atoms with E-state index in [1.165, 1.54) is 6.42 Å². The van der Waals surface area contributed by atoms with Crippen molar-refractivity contribution in [3.63, 3.8) is 0 Å². The molecule has 10 heavy (non-hydrogen) atoms. The van der Waals surface area contributed by atoms with Gasteiger partial charge in [0, 0.05) is 12.6 Å². The van der Waals surface area contributed by atoms with Crippen LogP contribution >= 0.6 is 0 Å². The monoisotopic (exact) mass is 143 g/mol. The highest BCUT2D eigenvalue weighted by atomic mass is 15.0. The lowest BCUT2D eigenvalue weighted by Gasteiger charge is -2.16. The van der Waals surface area contributed by atoms with E-state index in [1.54, 1.807) is 0 Å². The van der Waals surface area contributed by atoms with Crippen LogP contribution in [0, 0.1) is 5.92 Å². The van der Waals surface area contributed by atoms with Crippen molar-refractivity contribution in [1.29, 1.82) is 0 Å². The molecule has 2 atom stereocenters. The lowest BCUT2D eigenvalue weighted by molar-refractivity contribution is 0.441. The van der Waals surface area contributed by atoms with Gasteiger partial charge in [0.05, 0.1) is 0 Å². The molecule has 0 amide bonds. The number of hydrogen-bond acceptors (Lipinski definition) is 3. The van der Waals surface area contributed by atoms with Crippen molar-refractivity contribution >= 4 is 0 Å². The second kappa shape index (κ2) is 3.91. The Labute approximate surface area is 62.4 Å². The molecule has 0 saturated carbocycles. The van der Waals surface area contributed by atoms with Crippen molar-refractivity contribution < 1.29 is 0 Å². The van der Waals surface area contributed by atoms with Gasteiger partial charge in [-0.25, -0.2) is 0 Å². The van der Waals surface area contributed by atoms with Crippen molar-refractivity contribution in [1.82, 2.24) is 10.6 Å². The average molecular weight is 143 g/mol. The largest absolute Gasteiger partial charge is 0.330 e. The fraction of sp³-hybridized carbons (Fsp3) is 1.00. The number of likely N-dealkylation sites (N-methyl/N-ethyl adjacent to an activating group) is 1. The van der Waals surface area contributed by atoms with Crippen LogP contribution in [0.2, 0.25) is 0 Å². The summed E-state index contributed by atoms with van der Waals surface area (Å²) in [6.07, 6.45) is 1.24. The predicted octanol–water partition coefficient (Wildman–Crippen LogP) is -0.857. The summed E-state index contributed by atoms with van der Waals surface area (Å²) in [5.41, 5.74) is 5.59. The molecular weight excluding hydrogens is 126 g/mol. The highest BCUT2D eigenvalue weighted by Gasteiger charge is 2.23. The molecule has 1 saturated heterocycles. The van der Waals surface area contributed by atoms with E-state index in [4.69, 9.17) is 5.73 Å². The van der Waals surface area contributed by atoms with Crippen LogP contribution in [-0.4, -0.2) is 32.7 Å². The zero-order valence-electron chi connectivity index (χ0n) is 6.56. The van der Waals surface area contributed by atoms with E-state index >= 15 is 0 Å². The Balaban J connectivity index is 2.27. The fourth-order valence-electron chi connectivity index (χ4n) is 1.56. The predicted molar refractivity (Wildman–Crippen MR) is 42.9 cm³/mol. The molecule has 0 radical (unpaired) electrons. The van der Waals surface area contributed by atoms with E-state index in [-0.39, 0.29) is 0 Å². The molecule has 0 spiro atoms. The molecule has 1 aliphatic rings. The minimum absolute atomic E-state index is 0.606. The summed E-state index contributed by atoms with van der Waals surface area (Å²) in [6.45, 7) is 3.00. The van der Waals surface area contributed by atoms with Gasteiger partial charge in [0.15, 0.2) is 0 Å². The smallest absolute Gasteiger partial charge is 0.0233 e. The van der Waals surface area contributed by atoms with Crippen LogP contribution < -0.4 is 16.4 Å². The van der Waals surface area contributed by atoms with Crippen molar-refractivity contribution in [2.45, 2.75) is 12.5 Å². The van der Waals surface area contributed by atoms with Crippen molar-refractivity contribution in [3.8, 4) is 0 Å². The Morgan fingerprint density at radius 3 is 3.10 bits per heavy atom. The Morgan fingerprint density at radius 1 is 1.70 bits per heavy atom. The van der Waals surface area contributed by atoms with Gasteiger partial charge in [-0.05, 0) is 32.5 Å². The summed E-state index contributed by atoms with van der Waals surface area (Å²) in [5, 5.41) is 6.57. The van der Waals surface area contributed by atoms with Crippen LogP contribution in [0.5, 0.6) is 0 Å². The molecule has 0 aromatic heterocycles. The van der Waals surface area contributed by atoms with E-state index in [9.17, 15) is 0 Å². The van der Waals surface area contributed by atoms with Gasteiger partial charge < -0.3 is 16.4 Å². The number of rotatable bonds is 3. The van der Waals surface area contributed by atoms with Gasteiger partial charge in [0.25, 0.3) is 0 Å². The van der Waals surface area contributed by atoms with Gasteiger partial charge in [-0.15, -0.1) is 0 Å². The minimum Gasteiger partial charge on any atom is -0.330 e. The summed E-state index contributed by atoms with van der Waals surface area (Å²) in [5.74, 6) is 0.687.